The SMILES string of the molecule is CCCNc1ccc(C(=O)N2CC(C)OC(C)(C)C2)nc1. The zero-order valence-electron chi connectivity index (χ0n) is 13.3. The Hall–Kier alpha value is -1.62. The van der Waals surface area contributed by atoms with Crippen molar-refractivity contribution in [2.24, 2.45) is 0 Å². The second kappa shape index (κ2) is 6.43. The van der Waals surface area contributed by atoms with Crippen LogP contribution in [0.25, 0.3) is 0 Å². The summed E-state index contributed by atoms with van der Waals surface area (Å²) in [5.74, 6) is -0.0275. The van der Waals surface area contributed by atoms with Gasteiger partial charge in [-0.1, -0.05) is 6.92 Å². The van der Waals surface area contributed by atoms with Crippen molar-refractivity contribution in [1.29, 1.82) is 0 Å². The number of carbonyl (C=O) groups is 1. The summed E-state index contributed by atoms with van der Waals surface area (Å²) in [4.78, 5) is 18.7. The average Bonchev–Trinajstić information content (AvgIpc) is 2.42. The molecule has 1 amide bonds. The fraction of sp³-hybridized carbons (Fsp3) is 0.625. The molecule has 5 nitrogen and oxygen atoms in total. The molecular weight excluding hydrogens is 266 g/mol. The van der Waals surface area contributed by atoms with Gasteiger partial charge in [-0.3, -0.25) is 4.79 Å². The van der Waals surface area contributed by atoms with Crippen LogP contribution in [-0.2, 0) is 4.74 Å². The minimum Gasteiger partial charge on any atom is -0.384 e. The zero-order valence-corrected chi connectivity index (χ0v) is 13.3. The Bertz CT molecular complexity index is 485. The van der Waals surface area contributed by atoms with Crippen LogP contribution in [0.5, 0.6) is 0 Å². The molecule has 0 aromatic carbocycles. The van der Waals surface area contributed by atoms with Crippen LogP contribution in [0.4, 0.5) is 5.69 Å². The highest BCUT2D eigenvalue weighted by Crippen LogP contribution is 2.22. The van der Waals surface area contributed by atoms with Crippen LogP contribution in [0.1, 0.15) is 44.6 Å². The highest BCUT2D eigenvalue weighted by atomic mass is 16.5. The highest BCUT2D eigenvalue weighted by Gasteiger charge is 2.34. The van der Waals surface area contributed by atoms with Gasteiger partial charge in [-0.05, 0) is 39.3 Å². The minimum atomic E-state index is -0.310. The maximum absolute atomic E-state index is 12.5. The fourth-order valence-corrected chi connectivity index (χ4v) is 2.66. The molecule has 2 heterocycles. The largest absolute Gasteiger partial charge is 0.384 e. The summed E-state index contributed by atoms with van der Waals surface area (Å²) in [7, 11) is 0. The quantitative estimate of drug-likeness (QED) is 0.926. The van der Waals surface area contributed by atoms with E-state index in [0.29, 0.717) is 18.8 Å². The van der Waals surface area contributed by atoms with E-state index < -0.39 is 0 Å². The predicted molar refractivity (Wildman–Crippen MR) is 83.5 cm³/mol. The molecule has 5 heteroatoms. The third kappa shape index (κ3) is 4.17. The molecule has 1 aromatic rings. The Labute approximate surface area is 126 Å². The molecule has 0 saturated carbocycles. The van der Waals surface area contributed by atoms with Crippen molar-refractivity contribution in [2.45, 2.75) is 45.8 Å². The third-order valence-electron chi connectivity index (χ3n) is 3.42. The number of rotatable bonds is 4. The van der Waals surface area contributed by atoms with Gasteiger partial charge in [-0.2, -0.15) is 0 Å². The van der Waals surface area contributed by atoms with Gasteiger partial charge in [-0.15, -0.1) is 0 Å². The van der Waals surface area contributed by atoms with Crippen LogP contribution in [0, 0.1) is 0 Å². The first-order chi connectivity index (χ1) is 9.91. The normalized spacial score (nSPS) is 21.1. The van der Waals surface area contributed by atoms with E-state index in [0.717, 1.165) is 18.7 Å². The monoisotopic (exact) mass is 291 g/mol. The van der Waals surface area contributed by atoms with Gasteiger partial charge < -0.3 is 15.0 Å². The van der Waals surface area contributed by atoms with E-state index in [1.807, 2.05) is 31.7 Å². The number of nitrogens with one attached hydrogen (secondary N) is 1. The molecule has 1 aliphatic rings. The van der Waals surface area contributed by atoms with Gasteiger partial charge in [-0.25, -0.2) is 4.98 Å². The molecule has 0 bridgehead atoms. The molecule has 116 valence electrons. The molecule has 1 aliphatic heterocycles. The molecule has 1 aromatic heterocycles. The van der Waals surface area contributed by atoms with Gasteiger partial charge in [0.25, 0.3) is 5.91 Å². The van der Waals surface area contributed by atoms with Gasteiger partial charge in [0, 0.05) is 19.6 Å². The fourth-order valence-electron chi connectivity index (χ4n) is 2.66. The Kier molecular flexibility index (Phi) is 4.83. The molecule has 1 atom stereocenters. The van der Waals surface area contributed by atoms with E-state index in [1.165, 1.54) is 0 Å². The Morgan fingerprint density at radius 3 is 2.86 bits per heavy atom. The molecule has 21 heavy (non-hydrogen) atoms. The van der Waals surface area contributed by atoms with Crippen molar-refractivity contribution in [3.05, 3.63) is 24.0 Å². The van der Waals surface area contributed by atoms with Crippen LogP contribution < -0.4 is 5.32 Å². The topological polar surface area (TPSA) is 54.5 Å². The zero-order chi connectivity index (χ0) is 15.5. The molecule has 0 aliphatic carbocycles. The summed E-state index contributed by atoms with van der Waals surface area (Å²) >= 11 is 0. The molecule has 0 spiro atoms. The van der Waals surface area contributed by atoms with E-state index in [2.05, 4.69) is 17.2 Å². The summed E-state index contributed by atoms with van der Waals surface area (Å²) in [6, 6.07) is 3.69. The number of nitrogens with zero attached hydrogens (tertiary/aromatic N) is 2. The van der Waals surface area contributed by atoms with Crippen molar-refractivity contribution >= 4 is 11.6 Å². The number of hydrogen-bond donors (Lipinski definition) is 1. The third-order valence-corrected chi connectivity index (χ3v) is 3.42. The Morgan fingerprint density at radius 1 is 1.52 bits per heavy atom. The number of hydrogen-bond acceptors (Lipinski definition) is 4. The van der Waals surface area contributed by atoms with E-state index in [1.54, 1.807) is 12.3 Å². The highest BCUT2D eigenvalue weighted by molar-refractivity contribution is 5.92. The molecule has 0 radical (unpaired) electrons. The summed E-state index contributed by atoms with van der Waals surface area (Å²) in [5.41, 5.74) is 1.13. The molecule has 1 N–H and O–H groups in total. The van der Waals surface area contributed by atoms with Crippen LogP contribution >= 0.6 is 0 Å². The van der Waals surface area contributed by atoms with E-state index >= 15 is 0 Å². The molecule has 2 rings (SSSR count). The van der Waals surface area contributed by atoms with Gasteiger partial charge >= 0.3 is 0 Å². The molecule has 1 saturated heterocycles. The minimum absolute atomic E-state index is 0.0275. The van der Waals surface area contributed by atoms with E-state index in [9.17, 15) is 4.79 Å². The Morgan fingerprint density at radius 2 is 2.29 bits per heavy atom. The van der Waals surface area contributed by atoms with Crippen LogP contribution in [0.3, 0.4) is 0 Å². The maximum Gasteiger partial charge on any atom is 0.272 e. The summed E-state index contributed by atoms with van der Waals surface area (Å²) in [6.07, 6.45) is 2.82. The number of anilines is 1. The van der Waals surface area contributed by atoms with Crippen LogP contribution in [0.2, 0.25) is 0 Å². The van der Waals surface area contributed by atoms with E-state index in [-0.39, 0.29) is 17.6 Å². The lowest BCUT2D eigenvalue weighted by Gasteiger charge is -2.41. The van der Waals surface area contributed by atoms with Crippen LogP contribution in [0.15, 0.2) is 18.3 Å². The number of pyridine rings is 1. The van der Waals surface area contributed by atoms with E-state index in [4.69, 9.17) is 4.74 Å². The number of morpholine rings is 1. The molecular formula is C16H25N3O2. The van der Waals surface area contributed by atoms with Crippen molar-refractivity contribution in [3.63, 3.8) is 0 Å². The van der Waals surface area contributed by atoms with Crippen molar-refractivity contribution in [3.8, 4) is 0 Å². The first kappa shape index (κ1) is 15.8. The van der Waals surface area contributed by atoms with Gasteiger partial charge in [0.15, 0.2) is 0 Å². The second-order valence-corrected chi connectivity index (χ2v) is 6.23. The number of aromatic nitrogens is 1. The average molecular weight is 291 g/mol. The second-order valence-electron chi connectivity index (χ2n) is 6.23. The molecule has 1 fully saturated rings. The lowest BCUT2D eigenvalue weighted by molar-refractivity contribution is -0.118. The van der Waals surface area contributed by atoms with Gasteiger partial charge in [0.2, 0.25) is 0 Å². The van der Waals surface area contributed by atoms with Gasteiger partial charge in [0.05, 0.1) is 23.6 Å². The summed E-state index contributed by atoms with van der Waals surface area (Å²) in [5, 5.41) is 3.25. The lowest BCUT2D eigenvalue weighted by atomic mass is 10.1. The smallest absolute Gasteiger partial charge is 0.272 e. The summed E-state index contributed by atoms with van der Waals surface area (Å²) in [6.45, 7) is 10.2. The summed E-state index contributed by atoms with van der Waals surface area (Å²) < 4.78 is 5.83. The first-order valence-corrected chi connectivity index (χ1v) is 7.58. The molecule has 1 unspecified atom stereocenters. The van der Waals surface area contributed by atoms with Crippen LogP contribution in [-0.4, -0.2) is 47.1 Å². The number of ether oxygens (including phenoxy) is 1. The Balaban J connectivity index is 2.05. The van der Waals surface area contributed by atoms with Gasteiger partial charge in [0.1, 0.15) is 5.69 Å². The maximum atomic E-state index is 12.5. The van der Waals surface area contributed by atoms with Crippen molar-refractivity contribution < 1.29 is 9.53 Å². The number of amides is 1. The predicted octanol–water partition coefficient (Wildman–Crippen LogP) is 2.54. The van der Waals surface area contributed by atoms with Crippen molar-refractivity contribution in [2.75, 3.05) is 25.0 Å². The first-order valence-electron chi connectivity index (χ1n) is 7.58. The van der Waals surface area contributed by atoms with Crippen molar-refractivity contribution in [1.82, 2.24) is 9.88 Å². The number of carbonyl (C=O) groups excluding carboxylic acids is 1. The lowest BCUT2D eigenvalue weighted by Crippen LogP contribution is -2.53. The standard InChI is InChI=1S/C16H25N3O2/c1-5-8-17-13-6-7-14(18-9-13)15(20)19-10-12(2)21-16(3,4)11-19/h6-7,9,12,17H,5,8,10-11H2,1-4H3.